The van der Waals surface area contributed by atoms with Crippen molar-refractivity contribution in [3.8, 4) is 0 Å². The van der Waals surface area contributed by atoms with Crippen molar-refractivity contribution in [2.24, 2.45) is 0 Å². The number of aromatic carboxylic acids is 1. The molecule has 20 heavy (non-hydrogen) atoms. The first-order chi connectivity index (χ1) is 9.59. The monoisotopic (exact) mass is 291 g/mol. The van der Waals surface area contributed by atoms with Crippen LogP contribution in [0.25, 0.3) is 0 Å². The number of nitrogens with zero attached hydrogens (tertiary/aromatic N) is 3. The highest BCUT2D eigenvalue weighted by molar-refractivity contribution is 5.86. The number of alkyl halides is 2. The van der Waals surface area contributed by atoms with E-state index in [0.717, 1.165) is 23.9 Å². The number of carboxylic acid groups (broad SMARTS) is 1. The lowest BCUT2D eigenvalue weighted by Crippen LogP contribution is -2.24. The maximum absolute atomic E-state index is 12.8. The number of carbonyl (C=O) groups is 1. The molecule has 1 atom stereocenters. The molecule has 0 saturated carbocycles. The molecule has 0 spiro atoms. The second kappa shape index (κ2) is 6.71. The maximum Gasteiger partial charge on any atom is 0.358 e. The summed E-state index contributed by atoms with van der Waals surface area (Å²) in [5, 5.41) is 15.4. The average molecular weight is 291 g/mol. The summed E-state index contributed by atoms with van der Waals surface area (Å²) in [6.07, 6.45) is -0.539. The smallest absolute Gasteiger partial charge is 0.358 e. The van der Waals surface area contributed by atoms with Gasteiger partial charge in [-0.25, -0.2) is 18.3 Å². The molecule has 0 amide bonds. The van der Waals surface area contributed by atoms with Crippen LogP contribution >= 0.6 is 0 Å². The Morgan fingerprint density at radius 1 is 1.55 bits per heavy atom. The van der Waals surface area contributed by atoms with Gasteiger partial charge < -0.3 is 14.6 Å². The Kier molecular flexibility index (Phi) is 4.96. The molecule has 0 aliphatic carbocycles. The summed E-state index contributed by atoms with van der Waals surface area (Å²) in [4.78, 5) is 10.8. The SMILES string of the molecule is O=C(O)c1nnn(CCOC2CCCCO2)c1C(F)F. The Labute approximate surface area is 113 Å². The number of rotatable bonds is 6. The first kappa shape index (κ1) is 14.8. The highest BCUT2D eigenvalue weighted by Crippen LogP contribution is 2.21. The van der Waals surface area contributed by atoms with Gasteiger partial charge in [0.15, 0.2) is 12.0 Å². The predicted molar refractivity (Wildman–Crippen MR) is 61.5 cm³/mol. The van der Waals surface area contributed by atoms with E-state index in [1.54, 1.807) is 0 Å². The van der Waals surface area contributed by atoms with Crippen LogP contribution in [0.1, 0.15) is 41.9 Å². The van der Waals surface area contributed by atoms with Crippen LogP contribution < -0.4 is 0 Å². The normalized spacial score (nSPS) is 19.4. The zero-order valence-electron chi connectivity index (χ0n) is 10.7. The van der Waals surface area contributed by atoms with E-state index in [4.69, 9.17) is 14.6 Å². The van der Waals surface area contributed by atoms with Crippen molar-refractivity contribution in [1.29, 1.82) is 0 Å². The molecule has 1 fully saturated rings. The van der Waals surface area contributed by atoms with Crippen LogP contribution in [0.15, 0.2) is 0 Å². The Morgan fingerprint density at radius 2 is 2.35 bits per heavy atom. The van der Waals surface area contributed by atoms with E-state index in [2.05, 4.69) is 10.3 Å². The van der Waals surface area contributed by atoms with Crippen LogP contribution in [0.2, 0.25) is 0 Å². The Hall–Kier alpha value is -1.61. The minimum Gasteiger partial charge on any atom is -0.476 e. The molecule has 2 rings (SSSR count). The summed E-state index contributed by atoms with van der Waals surface area (Å²) in [6.45, 7) is 0.728. The summed E-state index contributed by atoms with van der Waals surface area (Å²) < 4.78 is 37.2. The zero-order chi connectivity index (χ0) is 14.5. The third kappa shape index (κ3) is 3.48. The largest absolute Gasteiger partial charge is 0.476 e. The van der Waals surface area contributed by atoms with Gasteiger partial charge in [-0.1, -0.05) is 5.21 Å². The summed E-state index contributed by atoms with van der Waals surface area (Å²) in [5.41, 5.74) is -1.43. The lowest BCUT2D eigenvalue weighted by atomic mass is 10.2. The molecule has 0 radical (unpaired) electrons. The van der Waals surface area contributed by atoms with Gasteiger partial charge in [0.25, 0.3) is 6.43 Å². The molecule has 2 heterocycles. The molecule has 1 aliphatic heterocycles. The highest BCUT2D eigenvalue weighted by Gasteiger charge is 2.26. The Balaban J connectivity index is 1.93. The fourth-order valence-corrected chi connectivity index (χ4v) is 1.97. The second-order valence-electron chi connectivity index (χ2n) is 4.32. The van der Waals surface area contributed by atoms with E-state index in [1.165, 1.54) is 0 Å². The predicted octanol–water partition coefficient (Wildman–Crippen LogP) is 1.46. The maximum atomic E-state index is 12.8. The van der Waals surface area contributed by atoms with Crippen molar-refractivity contribution in [2.75, 3.05) is 13.2 Å². The average Bonchev–Trinajstić information content (AvgIpc) is 2.84. The number of carboxylic acids is 1. The minimum absolute atomic E-state index is 0.000185. The van der Waals surface area contributed by atoms with Crippen molar-refractivity contribution in [2.45, 2.75) is 38.5 Å². The van der Waals surface area contributed by atoms with Gasteiger partial charge in [-0.05, 0) is 19.3 Å². The number of aromatic nitrogens is 3. The molecule has 1 aromatic heterocycles. The fourth-order valence-electron chi connectivity index (χ4n) is 1.97. The molecule has 0 aromatic carbocycles. The van der Waals surface area contributed by atoms with E-state index in [1.807, 2.05) is 0 Å². The Morgan fingerprint density at radius 3 is 2.95 bits per heavy atom. The molecule has 1 aromatic rings. The number of hydrogen-bond donors (Lipinski definition) is 1. The van der Waals surface area contributed by atoms with Crippen molar-refractivity contribution < 1.29 is 28.2 Å². The molecule has 9 heteroatoms. The van der Waals surface area contributed by atoms with Gasteiger partial charge >= 0.3 is 5.97 Å². The van der Waals surface area contributed by atoms with Gasteiger partial charge in [0, 0.05) is 6.61 Å². The summed E-state index contributed by atoms with van der Waals surface area (Å²) in [5.74, 6) is -1.52. The van der Waals surface area contributed by atoms with Crippen LogP contribution in [0.4, 0.5) is 8.78 Å². The van der Waals surface area contributed by atoms with Crippen LogP contribution in [0.3, 0.4) is 0 Å². The quantitative estimate of drug-likeness (QED) is 0.853. The van der Waals surface area contributed by atoms with E-state index in [9.17, 15) is 13.6 Å². The minimum atomic E-state index is -2.96. The van der Waals surface area contributed by atoms with Gasteiger partial charge in [-0.3, -0.25) is 0 Å². The highest BCUT2D eigenvalue weighted by atomic mass is 19.3. The number of halogens is 2. The van der Waals surface area contributed by atoms with E-state index >= 15 is 0 Å². The standard InChI is InChI=1S/C11H15F2N3O4/c12-10(13)9-8(11(17)18)14-15-16(9)4-6-20-7-3-1-2-5-19-7/h7,10H,1-6H2,(H,17,18). The van der Waals surface area contributed by atoms with Crippen molar-refractivity contribution in [3.63, 3.8) is 0 Å². The van der Waals surface area contributed by atoms with Gasteiger partial charge in [0.1, 0.15) is 5.69 Å². The van der Waals surface area contributed by atoms with Crippen molar-refractivity contribution in [1.82, 2.24) is 15.0 Å². The molecule has 112 valence electrons. The third-order valence-electron chi connectivity index (χ3n) is 2.93. The third-order valence-corrected chi connectivity index (χ3v) is 2.93. The van der Waals surface area contributed by atoms with Crippen LogP contribution in [0, 0.1) is 0 Å². The van der Waals surface area contributed by atoms with E-state index in [0.29, 0.717) is 6.61 Å². The molecule has 0 bridgehead atoms. The summed E-state index contributed by atoms with van der Waals surface area (Å²) >= 11 is 0. The topological polar surface area (TPSA) is 86.5 Å². The first-order valence-corrected chi connectivity index (χ1v) is 6.27. The van der Waals surface area contributed by atoms with Crippen molar-refractivity contribution >= 4 is 5.97 Å². The second-order valence-corrected chi connectivity index (χ2v) is 4.32. The lowest BCUT2D eigenvalue weighted by molar-refractivity contribution is -0.164. The molecule has 7 nitrogen and oxygen atoms in total. The van der Waals surface area contributed by atoms with E-state index < -0.39 is 23.8 Å². The van der Waals surface area contributed by atoms with Gasteiger partial charge in [-0.15, -0.1) is 5.10 Å². The summed E-state index contributed by atoms with van der Waals surface area (Å²) in [7, 11) is 0. The van der Waals surface area contributed by atoms with Crippen LogP contribution in [0.5, 0.6) is 0 Å². The molecule has 1 N–H and O–H groups in total. The molecular formula is C11H15F2N3O4. The van der Waals surface area contributed by atoms with E-state index in [-0.39, 0.29) is 19.4 Å². The lowest BCUT2D eigenvalue weighted by Gasteiger charge is -2.22. The van der Waals surface area contributed by atoms with Gasteiger partial charge in [-0.2, -0.15) is 0 Å². The molecular weight excluding hydrogens is 276 g/mol. The molecule has 1 unspecified atom stereocenters. The first-order valence-electron chi connectivity index (χ1n) is 6.27. The number of ether oxygens (including phenoxy) is 2. The Bertz CT molecular complexity index is 461. The molecule has 1 aliphatic rings. The molecule has 1 saturated heterocycles. The zero-order valence-corrected chi connectivity index (χ0v) is 10.7. The number of hydrogen-bond acceptors (Lipinski definition) is 5. The van der Waals surface area contributed by atoms with Crippen molar-refractivity contribution in [3.05, 3.63) is 11.4 Å². The van der Waals surface area contributed by atoms with Crippen LogP contribution in [-0.2, 0) is 16.0 Å². The van der Waals surface area contributed by atoms with Gasteiger partial charge in [0.2, 0.25) is 0 Å². The van der Waals surface area contributed by atoms with Crippen LogP contribution in [-0.4, -0.2) is 45.6 Å². The summed E-state index contributed by atoms with van der Waals surface area (Å²) in [6, 6.07) is 0. The fraction of sp³-hybridized carbons (Fsp3) is 0.727. The van der Waals surface area contributed by atoms with Gasteiger partial charge in [0.05, 0.1) is 13.2 Å².